The van der Waals surface area contributed by atoms with Crippen molar-refractivity contribution in [3.05, 3.63) is 58.6 Å². The normalized spacial score (nSPS) is 11.5. The van der Waals surface area contributed by atoms with E-state index in [1.54, 1.807) is 29.7 Å². The molecule has 0 saturated carbocycles. The van der Waals surface area contributed by atoms with Crippen LogP contribution in [0.4, 0.5) is 8.78 Å². The van der Waals surface area contributed by atoms with Gasteiger partial charge < -0.3 is 18.8 Å². The van der Waals surface area contributed by atoms with Crippen LogP contribution >= 0.6 is 0 Å². The molecule has 0 bridgehead atoms. The van der Waals surface area contributed by atoms with Gasteiger partial charge in [0, 0.05) is 13.1 Å². The predicted molar refractivity (Wildman–Crippen MR) is 106 cm³/mol. The van der Waals surface area contributed by atoms with Crippen molar-refractivity contribution in [1.29, 1.82) is 0 Å². The van der Waals surface area contributed by atoms with Crippen molar-refractivity contribution in [3.63, 3.8) is 0 Å². The molecule has 0 spiro atoms. The third kappa shape index (κ3) is 5.35. The maximum absolute atomic E-state index is 12.5. The van der Waals surface area contributed by atoms with Crippen molar-refractivity contribution in [3.8, 4) is 11.5 Å². The maximum Gasteiger partial charge on any atom is 0.419 e. The van der Waals surface area contributed by atoms with Gasteiger partial charge in [0.1, 0.15) is 0 Å². The van der Waals surface area contributed by atoms with Crippen molar-refractivity contribution < 1.29 is 22.7 Å². The number of ether oxygens (including phenoxy) is 2. The number of nitrogens with zero attached hydrogens (tertiary/aromatic N) is 2. The average Bonchev–Trinajstić information content (AvgIpc) is 2.99. The highest BCUT2D eigenvalue weighted by atomic mass is 19.3. The summed E-state index contributed by atoms with van der Waals surface area (Å²) in [6.07, 6.45) is 0.755. The minimum absolute atomic E-state index is 0.0273. The second kappa shape index (κ2) is 9.56. The molecule has 0 saturated heterocycles. The third-order valence-corrected chi connectivity index (χ3v) is 4.47. The largest absolute Gasteiger partial charge is 0.490 e. The fourth-order valence-electron chi connectivity index (χ4n) is 3.23. The van der Waals surface area contributed by atoms with Crippen LogP contribution in [0.1, 0.15) is 18.9 Å². The average molecular weight is 406 g/mol. The SMILES string of the molecule is CCOc1cc(CN(C)CCCn2c(=O)oc3ccccc32)ccc1OC(F)F. The van der Waals surface area contributed by atoms with Crippen LogP contribution in [-0.2, 0) is 13.1 Å². The number of alkyl halides is 2. The zero-order valence-electron chi connectivity index (χ0n) is 16.4. The molecule has 3 aromatic rings. The third-order valence-electron chi connectivity index (χ3n) is 4.47. The van der Waals surface area contributed by atoms with E-state index in [0.717, 1.165) is 24.0 Å². The van der Waals surface area contributed by atoms with Gasteiger partial charge in [-0.25, -0.2) is 4.79 Å². The molecule has 0 aliphatic rings. The monoisotopic (exact) mass is 406 g/mol. The summed E-state index contributed by atoms with van der Waals surface area (Å²) < 4.78 is 41.8. The highest BCUT2D eigenvalue weighted by Crippen LogP contribution is 2.30. The number of fused-ring (bicyclic) bond motifs is 1. The van der Waals surface area contributed by atoms with Crippen molar-refractivity contribution in [2.24, 2.45) is 0 Å². The van der Waals surface area contributed by atoms with Crippen LogP contribution in [0.5, 0.6) is 11.5 Å². The van der Waals surface area contributed by atoms with Gasteiger partial charge >= 0.3 is 12.4 Å². The lowest BCUT2D eigenvalue weighted by atomic mass is 10.2. The topological polar surface area (TPSA) is 56.8 Å². The van der Waals surface area contributed by atoms with E-state index in [9.17, 15) is 13.6 Å². The molecule has 0 atom stereocenters. The summed E-state index contributed by atoms with van der Waals surface area (Å²) in [6.45, 7) is 1.14. The molecule has 0 N–H and O–H groups in total. The minimum atomic E-state index is -2.90. The molecule has 0 aliphatic heterocycles. The van der Waals surface area contributed by atoms with Crippen LogP contribution in [0.3, 0.4) is 0 Å². The van der Waals surface area contributed by atoms with Gasteiger partial charge in [0.05, 0.1) is 12.1 Å². The van der Waals surface area contributed by atoms with Gasteiger partial charge in [0.2, 0.25) is 0 Å². The standard InChI is InChI=1S/C21H24F2N2O4/c1-3-27-19-13-15(9-10-18(19)28-20(22)23)14-24(2)11-6-12-25-16-7-4-5-8-17(16)29-21(25)26/h4-5,7-10,13,20H,3,6,11-12,14H2,1-2H3. The first-order valence-corrected chi connectivity index (χ1v) is 9.45. The molecule has 8 heteroatoms. The van der Waals surface area contributed by atoms with E-state index in [1.165, 1.54) is 6.07 Å². The Labute approximate surface area is 167 Å². The van der Waals surface area contributed by atoms with Crippen molar-refractivity contribution in [2.45, 2.75) is 33.0 Å². The molecule has 0 aliphatic carbocycles. The van der Waals surface area contributed by atoms with Gasteiger partial charge in [-0.15, -0.1) is 0 Å². The van der Waals surface area contributed by atoms with Crippen LogP contribution in [0.2, 0.25) is 0 Å². The Morgan fingerprint density at radius 2 is 1.97 bits per heavy atom. The molecule has 29 heavy (non-hydrogen) atoms. The highest BCUT2D eigenvalue weighted by Gasteiger charge is 2.13. The number of halogens is 2. The summed E-state index contributed by atoms with van der Waals surface area (Å²) in [5.74, 6) is -0.0283. The van der Waals surface area contributed by atoms with Gasteiger partial charge in [0.15, 0.2) is 17.1 Å². The number of para-hydroxylation sites is 2. The summed E-state index contributed by atoms with van der Waals surface area (Å²) in [5.41, 5.74) is 2.29. The van der Waals surface area contributed by atoms with Gasteiger partial charge in [0.25, 0.3) is 0 Å². The van der Waals surface area contributed by atoms with E-state index in [2.05, 4.69) is 9.64 Å². The lowest BCUT2D eigenvalue weighted by Gasteiger charge is -2.18. The van der Waals surface area contributed by atoms with Crippen molar-refractivity contribution in [1.82, 2.24) is 9.47 Å². The number of hydrogen-bond acceptors (Lipinski definition) is 5. The zero-order chi connectivity index (χ0) is 20.8. The molecule has 156 valence electrons. The molecule has 6 nitrogen and oxygen atoms in total. The van der Waals surface area contributed by atoms with Gasteiger partial charge in [-0.3, -0.25) is 4.57 Å². The van der Waals surface area contributed by atoms with E-state index in [1.807, 2.05) is 25.2 Å². The van der Waals surface area contributed by atoms with Crippen molar-refractivity contribution in [2.75, 3.05) is 20.2 Å². The Balaban J connectivity index is 1.59. The molecular weight excluding hydrogens is 382 g/mol. The van der Waals surface area contributed by atoms with E-state index < -0.39 is 6.61 Å². The highest BCUT2D eigenvalue weighted by molar-refractivity contribution is 5.72. The first kappa shape index (κ1) is 20.9. The van der Waals surface area contributed by atoms with Crippen LogP contribution in [0.25, 0.3) is 11.1 Å². The summed E-state index contributed by atoms with van der Waals surface area (Å²) >= 11 is 0. The predicted octanol–water partition coefficient (Wildman–Crippen LogP) is 4.12. The van der Waals surface area contributed by atoms with E-state index in [4.69, 9.17) is 9.15 Å². The lowest BCUT2D eigenvalue weighted by molar-refractivity contribution is -0.0514. The Bertz CT molecular complexity index is 1000. The number of benzene rings is 2. The quantitative estimate of drug-likeness (QED) is 0.507. The molecule has 3 rings (SSSR count). The van der Waals surface area contributed by atoms with Crippen LogP contribution in [-0.4, -0.2) is 36.3 Å². The van der Waals surface area contributed by atoms with Crippen LogP contribution in [0.15, 0.2) is 51.7 Å². The molecule has 1 aromatic heterocycles. The summed E-state index contributed by atoms with van der Waals surface area (Å²) in [7, 11) is 1.96. The number of rotatable bonds is 10. The molecular formula is C21H24F2N2O4. The lowest BCUT2D eigenvalue weighted by Crippen LogP contribution is -2.22. The molecule has 0 fully saturated rings. The Hall–Kier alpha value is -2.87. The fraction of sp³-hybridized carbons (Fsp3) is 0.381. The van der Waals surface area contributed by atoms with E-state index in [0.29, 0.717) is 31.0 Å². The summed E-state index contributed by atoms with van der Waals surface area (Å²) in [6, 6.07) is 12.3. The fourth-order valence-corrected chi connectivity index (χ4v) is 3.23. The Kier molecular flexibility index (Phi) is 6.87. The zero-order valence-corrected chi connectivity index (χ0v) is 16.4. The van der Waals surface area contributed by atoms with Crippen molar-refractivity contribution >= 4 is 11.1 Å². The molecule has 1 heterocycles. The molecule has 2 aromatic carbocycles. The first-order chi connectivity index (χ1) is 14.0. The first-order valence-electron chi connectivity index (χ1n) is 9.45. The van der Waals surface area contributed by atoms with Gasteiger partial charge in [-0.2, -0.15) is 8.78 Å². The number of oxazole rings is 1. The van der Waals surface area contributed by atoms with Crippen LogP contribution in [0, 0.1) is 0 Å². The summed E-state index contributed by atoms with van der Waals surface area (Å²) in [5, 5.41) is 0. The van der Waals surface area contributed by atoms with E-state index in [-0.39, 0.29) is 11.5 Å². The van der Waals surface area contributed by atoms with Crippen LogP contribution < -0.4 is 15.2 Å². The Morgan fingerprint density at radius 1 is 1.17 bits per heavy atom. The molecule has 0 amide bonds. The molecule has 0 unspecified atom stereocenters. The molecule has 0 radical (unpaired) electrons. The summed E-state index contributed by atoms with van der Waals surface area (Å²) in [4.78, 5) is 14.1. The van der Waals surface area contributed by atoms with Gasteiger partial charge in [-0.05, 0) is 56.8 Å². The van der Waals surface area contributed by atoms with Gasteiger partial charge in [-0.1, -0.05) is 18.2 Å². The number of aromatic nitrogens is 1. The second-order valence-electron chi connectivity index (χ2n) is 6.67. The number of hydrogen-bond donors (Lipinski definition) is 0. The smallest absolute Gasteiger partial charge is 0.419 e. The number of aryl methyl sites for hydroxylation is 1. The minimum Gasteiger partial charge on any atom is -0.490 e. The second-order valence-corrected chi connectivity index (χ2v) is 6.67. The Morgan fingerprint density at radius 3 is 2.72 bits per heavy atom. The maximum atomic E-state index is 12.5. The van der Waals surface area contributed by atoms with E-state index >= 15 is 0 Å².